The number of likely N-dealkylation sites (tertiary alicyclic amines) is 2. The molecule has 1 aliphatic carbocycles. The molecular formula is C19H33N3O2. The molecule has 0 radical (unpaired) electrons. The van der Waals surface area contributed by atoms with Gasteiger partial charge < -0.3 is 15.1 Å². The molecule has 3 aliphatic rings. The maximum absolute atomic E-state index is 13.2. The average molecular weight is 335 g/mol. The van der Waals surface area contributed by atoms with Gasteiger partial charge in [0.1, 0.15) is 0 Å². The maximum Gasteiger partial charge on any atom is 0.317 e. The molecule has 0 unspecified atom stereocenters. The first-order chi connectivity index (χ1) is 11.6. The highest BCUT2D eigenvalue weighted by Gasteiger charge is 2.49. The molecule has 3 rings (SSSR count). The predicted octanol–water partition coefficient (Wildman–Crippen LogP) is 3.00. The Kier molecular flexibility index (Phi) is 5.67. The summed E-state index contributed by atoms with van der Waals surface area (Å²) >= 11 is 0. The molecule has 0 aromatic rings. The molecule has 2 heterocycles. The Balaban J connectivity index is 1.59. The molecule has 3 fully saturated rings. The lowest BCUT2D eigenvalue weighted by Crippen LogP contribution is -2.52. The fraction of sp³-hybridized carbons (Fsp3) is 0.895. The van der Waals surface area contributed by atoms with Gasteiger partial charge in [0.05, 0.1) is 5.41 Å². The smallest absolute Gasteiger partial charge is 0.317 e. The summed E-state index contributed by atoms with van der Waals surface area (Å²) in [7, 11) is 0. The first-order valence-corrected chi connectivity index (χ1v) is 9.97. The first kappa shape index (κ1) is 17.6. The van der Waals surface area contributed by atoms with Gasteiger partial charge in [0.25, 0.3) is 0 Å². The van der Waals surface area contributed by atoms with E-state index in [1.165, 1.54) is 32.1 Å². The number of amides is 3. The van der Waals surface area contributed by atoms with Crippen LogP contribution in [-0.2, 0) is 4.79 Å². The van der Waals surface area contributed by atoms with Crippen LogP contribution >= 0.6 is 0 Å². The van der Waals surface area contributed by atoms with Gasteiger partial charge in [0.15, 0.2) is 0 Å². The Morgan fingerprint density at radius 2 is 1.96 bits per heavy atom. The number of hydrogen-bond acceptors (Lipinski definition) is 2. The van der Waals surface area contributed by atoms with Crippen molar-refractivity contribution < 1.29 is 9.59 Å². The van der Waals surface area contributed by atoms with E-state index in [1.54, 1.807) is 0 Å². The van der Waals surface area contributed by atoms with Crippen molar-refractivity contribution >= 4 is 11.9 Å². The van der Waals surface area contributed by atoms with E-state index in [1.807, 2.05) is 4.90 Å². The molecule has 2 saturated heterocycles. The van der Waals surface area contributed by atoms with Crippen LogP contribution in [0, 0.1) is 11.3 Å². The first-order valence-electron chi connectivity index (χ1n) is 9.97. The molecule has 136 valence electrons. The van der Waals surface area contributed by atoms with Crippen molar-refractivity contribution in [3.05, 3.63) is 0 Å². The third-order valence-electron chi connectivity index (χ3n) is 6.19. The SMILES string of the molecule is CCCNC(=O)N1CC[C@]2(CCCN(CC3CCCCC3)C2=O)C1. The summed E-state index contributed by atoms with van der Waals surface area (Å²) < 4.78 is 0. The van der Waals surface area contributed by atoms with Crippen molar-refractivity contribution in [1.82, 2.24) is 15.1 Å². The molecule has 5 nitrogen and oxygen atoms in total. The largest absolute Gasteiger partial charge is 0.342 e. The van der Waals surface area contributed by atoms with Crippen molar-refractivity contribution in [2.45, 2.75) is 64.7 Å². The zero-order valence-corrected chi connectivity index (χ0v) is 15.2. The minimum atomic E-state index is -0.295. The van der Waals surface area contributed by atoms with Crippen LogP contribution in [0.5, 0.6) is 0 Å². The molecule has 0 bridgehead atoms. The van der Waals surface area contributed by atoms with Gasteiger partial charge in [0.2, 0.25) is 5.91 Å². The summed E-state index contributed by atoms with van der Waals surface area (Å²) in [5, 5.41) is 2.95. The van der Waals surface area contributed by atoms with E-state index < -0.39 is 0 Å². The molecule has 0 aromatic carbocycles. The Labute approximate surface area is 146 Å². The highest BCUT2D eigenvalue weighted by molar-refractivity contribution is 5.85. The maximum atomic E-state index is 13.2. The van der Waals surface area contributed by atoms with Crippen LogP contribution in [0.2, 0.25) is 0 Å². The van der Waals surface area contributed by atoms with Crippen molar-refractivity contribution in [3.8, 4) is 0 Å². The minimum Gasteiger partial charge on any atom is -0.342 e. The van der Waals surface area contributed by atoms with E-state index in [0.717, 1.165) is 45.3 Å². The Morgan fingerprint density at radius 3 is 2.71 bits per heavy atom. The molecule has 1 spiro atoms. The van der Waals surface area contributed by atoms with Gasteiger partial charge in [-0.25, -0.2) is 4.79 Å². The van der Waals surface area contributed by atoms with E-state index in [2.05, 4.69) is 17.1 Å². The normalized spacial score (nSPS) is 28.6. The number of rotatable bonds is 4. The van der Waals surface area contributed by atoms with Gasteiger partial charge in [-0.15, -0.1) is 0 Å². The van der Waals surface area contributed by atoms with Crippen LogP contribution in [0.3, 0.4) is 0 Å². The molecule has 3 amide bonds. The zero-order chi connectivity index (χ0) is 17.0. The fourth-order valence-electron chi connectivity index (χ4n) is 4.78. The van der Waals surface area contributed by atoms with E-state index >= 15 is 0 Å². The molecule has 1 atom stereocenters. The second-order valence-electron chi connectivity index (χ2n) is 8.04. The third kappa shape index (κ3) is 3.70. The zero-order valence-electron chi connectivity index (χ0n) is 15.2. The Morgan fingerprint density at radius 1 is 1.17 bits per heavy atom. The van der Waals surface area contributed by atoms with Crippen LogP contribution in [0.25, 0.3) is 0 Å². The topological polar surface area (TPSA) is 52.7 Å². The van der Waals surface area contributed by atoms with Gasteiger partial charge >= 0.3 is 6.03 Å². The van der Waals surface area contributed by atoms with Crippen LogP contribution in [0.1, 0.15) is 64.7 Å². The van der Waals surface area contributed by atoms with Crippen LogP contribution in [0.4, 0.5) is 4.79 Å². The standard InChI is InChI=1S/C19H33N3O2/c1-2-11-20-18(24)22-13-10-19(15-22)9-6-12-21(17(19)23)14-16-7-4-3-5-8-16/h16H,2-15H2,1H3,(H,20,24)/t19-/m1/s1. The van der Waals surface area contributed by atoms with Gasteiger partial charge in [-0.05, 0) is 44.4 Å². The Bertz CT molecular complexity index is 462. The molecule has 5 heteroatoms. The quantitative estimate of drug-likeness (QED) is 0.858. The minimum absolute atomic E-state index is 0.00549. The Hall–Kier alpha value is -1.26. The summed E-state index contributed by atoms with van der Waals surface area (Å²) in [5.74, 6) is 1.02. The number of carbonyl (C=O) groups excluding carboxylic acids is 2. The summed E-state index contributed by atoms with van der Waals surface area (Å²) in [6, 6.07) is 0.00549. The van der Waals surface area contributed by atoms with Gasteiger partial charge in [-0.2, -0.15) is 0 Å². The highest BCUT2D eigenvalue weighted by Crippen LogP contribution is 2.40. The lowest BCUT2D eigenvalue weighted by molar-refractivity contribution is -0.146. The highest BCUT2D eigenvalue weighted by atomic mass is 16.2. The third-order valence-corrected chi connectivity index (χ3v) is 6.19. The second kappa shape index (κ2) is 7.75. The molecule has 1 N–H and O–H groups in total. The lowest BCUT2D eigenvalue weighted by Gasteiger charge is -2.41. The van der Waals surface area contributed by atoms with E-state index in [9.17, 15) is 9.59 Å². The average Bonchev–Trinajstić information content (AvgIpc) is 3.03. The van der Waals surface area contributed by atoms with E-state index in [0.29, 0.717) is 24.9 Å². The molecular weight excluding hydrogens is 302 g/mol. The number of piperidine rings is 1. The van der Waals surface area contributed by atoms with E-state index in [-0.39, 0.29) is 11.4 Å². The molecule has 2 aliphatic heterocycles. The van der Waals surface area contributed by atoms with Gasteiger partial charge in [0, 0.05) is 32.7 Å². The fourth-order valence-corrected chi connectivity index (χ4v) is 4.78. The number of nitrogens with one attached hydrogen (secondary N) is 1. The van der Waals surface area contributed by atoms with Gasteiger partial charge in [-0.1, -0.05) is 26.2 Å². The summed E-state index contributed by atoms with van der Waals surface area (Å²) in [6.45, 7) is 5.96. The van der Waals surface area contributed by atoms with Crippen LogP contribution < -0.4 is 5.32 Å². The summed E-state index contributed by atoms with van der Waals surface area (Å²) in [6.07, 6.45) is 10.4. The molecule has 24 heavy (non-hydrogen) atoms. The molecule has 0 aromatic heterocycles. The van der Waals surface area contributed by atoms with Gasteiger partial charge in [-0.3, -0.25) is 4.79 Å². The monoisotopic (exact) mass is 335 g/mol. The van der Waals surface area contributed by atoms with Crippen molar-refractivity contribution in [2.75, 3.05) is 32.7 Å². The molecule has 1 saturated carbocycles. The van der Waals surface area contributed by atoms with Crippen molar-refractivity contribution in [1.29, 1.82) is 0 Å². The van der Waals surface area contributed by atoms with Crippen molar-refractivity contribution in [2.24, 2.45) is 11.3 Å². The van der Waals surface area contributed by atoms with Crippen molar-refractivity contribution in [3.63, 3.8) is 0 Å². The van der Waals surface area contributed by atoms with E-state index in [4.69, 9.17) is 0 Å². The summed E-state index contributed by atoms with van der Waals surface area (Å²) in [5.41, 5.74) is -0.295. The number of urea groups is 1. The van der Waals surface area contributed by atoms with Crippen LogP contribution in [0.15, 0.2) is 0 Å². The summed E-state index contributed by atoms with van der Waals surface area (Å²) in [4.78, 5) is 29.4. The number of carbonyl (C=O) groups is 2. The van der Waals surface area contributed by atoms with Crippen LogP contribution in [-0.4, -0.2) is 54.5 Å². The predicted molar refractivity (Wildman–Crippen MR) is 94.7 cm³/mol. The lowest BCUT2D eigenvalue weighted by atomic mass is 9.77. The number of hydrogen-bond donors (Lipinski definition) is 1. The number of nitrogens with zero attached hydrogens (tertiary/aromatic N) is 2. The second-order valence-corrected chi connectivity index (χ2v) is 8.04.